The molecule has 1 saturated heterocycles. The Morgan fingerprint density at radius 3 is 2.62 bits per heavy atom. The Hall–Kier alpha value is -2.61. The van der Waals surface area contributed by atoms with Crippen molar-refractivity contribution in [1.82, 2.24) is 20.2 Å². The van der Waals surface area contributed by atoms with Crippen molar-refractivity contribution in [3.63, 3.8) is 0 Å². The molecular weight excluding hydrogens is 382 g/mol. The van der Waals surface area contributed by atoms with E-state index in [9.17, 15) is 0 Å². The highest BCUT2D eigenvalue weighted by molar-refractivity contribution is 7.98. The number of fused-ring (bicyclic) bond motifs is 2. The van der Waals surface area contributed by atoms with Gasteiger partial charge < -0.3 is 14.7 Å². The third kappa shape index (κ3) is 3.57. The van der Waals surface area contributed by atoms with Crippen molar-refractivity contribution in [2.75, 3.05) is 60.7 Å². The quantitative estimate of drug-likeness (QED) is 0.657. The van der Waals surface area contributed by atoms with Crippen molar-refractivity contribution in [3.8, 4) is 0 Å². The summed E-state index contributed by atoms with van der Waals surface area (Å²) in [5, 5.41) is 10.1. The molecular formula is C21H25N7S. The molecule has 3 aromatic rings. The summed E-state index contributed by atoms with van der Waals surface area (Å²) in [4.78, 5) is 15.7. The number of rotatable bonds is 3. The smallest absolute Gasteiger partial charge is 0.151 e. The van der Waals surface area contributed by atoms with Gasteiger partial charge in [-0.3, -0.25) is 0 Å². The molecule has 150 valence electrons. The van der Waals surface area contributed by atoms with Gasteiger partial charge in [-0.2, -0.15) is 16.9 Å². The van der Waals surface area contributed by atoms with Gasteiger partial charge in [-0.1, -0.05) is 0 Å². The number of benzene rings is 1. The average Bonchev–Trinajstić information content (AvgIpc) is 2.78. The van der Waals surface area contributed by atoms with E-state index in [1.165, 1.54) is 16.9 Å². The molecule has 0 aliphatic carbocycles. The van der Waals surface area contributed by atoms with Gasteiger partial charge in [0, 0.05) is 63.5 Å². The molecule has 1 fully saturated rings. The molecule has 2 aliphatic rings. The lowest BCUT2D eigenvalue weighted by Crippen LogP contribution is -2.47. The summed E-state index contributed by atoms with van der Waals surface area (Å²) in [6.45, 7) is 3.82. The van der Waals surface area contributed by atoms with Crippen LogP contribution in [-0.4, -0.2) is 66.2 Å². The largest absolute Gasteiger partial charge is 0.368 e. The predicted octanol–water partition coefficient (Wildman–Crippen LogP) is 2.60. The van der Waals surface area contributed by atoms with E-state index in [1.807, 2.05) is 30.8 Å². The van der Waals surface area contributed by atoms with Crippen LogP contribution < -0.4 is 14.7 Å². The second-order valence-electron chi connectivity index (χ2n) is 7.74. The lowest BCUT2D eigenvalue weighted by molar-refractivity contribution is 0.642. The molecule has 0 atom stereocenters. The third-order valence-corrected chi connectivity index (χ3v) is 6.69. The standard InChI is InChI=1S/C21H25N7S/c1-26(2)21-17-12-16(3-4-19(17)22-14-23-21)27-6-8-28(9-7-27)20-11-15-13-29-10-5-18(15)24-25-20/h3-4,11-12,14H,5-10,13H2,1-2H3. The van der Waals surface area contributed by atoms with Crippen LogP contribution in [0.2, 0.25) is 0 Å². The Kier molecular flexibility index (Phi) is 4.87. The number of hydrogen-bond donors (Lipinski definition) is 0. The fraction of sp³-hybridized carbons (Fsp3) is 0.429. The van der Waals surface area contributed by atoms with Crippen LogP contribution in [0.3, 0.4) is 0 Å². The van der Waals surface area contributed by atoms with E-state index < -0.39 is 0 Å². The first-order chi connectivity index (χ1) is 14.2. The van der Waals surface area contributed by atoms with Crippen LogP contribution in [-0.2, 0) is 12.2 Å². The monoisotopic (exact) mass is 407 g/mol. The van der Waals surface area contributed by atoms with Crippen molar-refractivity contribution < 1.29 is 0 Å². The molecule has 0 amide bonds. The van der Waals surface area contributed by atoms with Crippen LogP contribution in [0.4, 0.5) is 17.3 Å². The van der Waals surface area contributed by atoms with E-state index in [1.54, 1.807) is 6.33 Å². The number of anilines is 3. The van der Waals surface area contributed by atoms with Gasteiger partial charge in [0.05, 0.1) is 11.2 Å². The second kappa shape index (κ2) is 7.67. The maximum atomic E-state index is 4.51. The van der Waals surface area contributed by atoms with E-state index in [-0.39, 0.29) is 0 Å². The summed E-state index contributed by atoms with van der Waals surface area (Å²) >= 11 is 1.99. The molecule has 0 saturated carbocycles. The van der Waals surface area contributed by atoms with Crippen molar-refractivity contribution in [2.24, 2.45) is 0 Å². The zero-order valence-electron chi connectivity index (χ0n) is 16.9. The first kappa shape index (κ1) is 18.4. The zero-order valence-corrected chi connectivity index (χ0v) is 17.7. The highest BCUT2D eigenvalue weighted by Gasteiger charge is 2.21. The molecule has 5 rings (SSSR count). The molecule has 7 nitrogen and oxygen atoms in total. The topological polar surface area (TPSA) is 61.3 Å². The Bertz CT molecular complexity index is 1030. The lowest BCUT2D eigenvalue weighted by Gasteiger charge is -2.37. The van der Waals surface area contributed by atoms with E-state index in [0.29, 0.717) is 0 Å². The Labute approximate surface area is 175 Å². The minimum Gasteiger partial charge on any atom is -0.368 e. The summed E-state index contributed by atoms with van der Waals surface area (Å²) in [6.07, 6.45) is 2.68. The highest BCUT2D eigenvalue weighted by atomic mass is 32.2. The van der Waals surface area contributed by atoms with Crippen LogP contribution in [0, 0.1) is 0 Å². The minimum atomic E-state index is 0.949. The fourth-order valence-electron chi connectivity index (χ4n) is 4.06. The number of nitrogens with zero attached hydrogens (tertiary/aromatic N) is 7. The van der Waals surface area contributed by atoms with Gasteiger partial charge in [-0.15, -0.1) is 5.10 Å². The molecule has 1 aromatic carbocycles. The van der Waals surface area contributed by atoms with Gasteiger partial charge in [0.1, 0.15) is 12.1 Å². The zero-order chi connectivity index (χ0) is 19.8. The van der Waals surface area contributed by atoms with E-state index in [2.05, 4.69) is 54.2 Å². The fourth-order valence-corrected chi connectivity index (χ4v) is 5.01. The van der Waals surface area contributed by atoms with Crippen LogP contribution >= 0.6 is 11.8 Å². The molecule has 0 radical (unpaired) electrons. The van der Waals surface area contributed by atoms with Gasteiger partial charge in [0.2, 0.25) is 0 Å². The summed E-state index contributed by atoms with van der Waals surface area (Å²) in [5.74, 6) is 4.20. The van der Waals surface area contributed by atoms with Gasteiger partial charge >= 0.3 is 0 Å². The van der Waals surface area contributed by atoms with Crippen molar-refractivity contribution in [3.05, 3.63) is 41.9 Å². The van der Waals surface area contributed by atoms with Gasteiger partial charge in [-0.25, -0.2) is 9.97 Å². The number of aromatic nitrogens is 4. The SMILES string of the molecule is CN(C)c1ncnc2ccc(N3CCN(c4cc5c(nn4)CCSC5)CC3)cc12. The molecule has 29 heavy (non-hydrogen) atoms. The van der Waals surface area contributed by atoms with Crippen LogP contribution in [0.25, 0.3) is 10.9 Å². The molecule has 2 aliphatic heterocycles. The predicted molar refractivity (Wildman–Crippen MR) is 120 cm³/mol. The first-order valence-corrected chi connectivity index (χ1v) is 11.2. The van der Waals surface area contributed by atoms with Crippen LogP contribution in [0.1, 0.15) is 11.3 Å². The van der Waals surface area contributed by atoms with Crippen molar-refractivity contribution in [2.45, 2.75) is 12.2 Å². The lowest BCUT2D eigenvalue weighted by atomic mass is 10.1. The number of aryl methyl sites for hydroxylation is 1. The average molecular weight is 408 g/mol. The maximum absolute atomic E-state index is 4.51. The normalized spacial score (nSPS) is 16.8. The summed E-state index contributed by atoms with van der Waals surface area (Å²) in [5.41, 5.74) is 4.75. The molecule has 0 unspecified atom stereocenters. The molecule has 0 N–H and O–H groups in total. The highest BCUT2D eigenvalue weighted by Crippen LogP contribution is 2.29. The molecule has 4 heterocycles. The maximum Gasteiger partial charge on any atom is 0.151 e. The summed E-state index contributed by atoms with van der Waals surface area (Å²) in [6, 6.07) is 8.73. The van der Waals surface area contributed by atoms with Crippen LogP contribution in [0.5, 0.6) is 0 Å². The summed E-state index contributed by atoms with van der Waals surface area (Å²) in [7, 11) is 4.04. The van der Waals surface area contributed by atoms with Gasteiger partial charge in [0.15, 0.2) is 5.82 Å². The summed E-state index contributed by atoms with van der Waals surface area (Å²) < 4.78 is 0. The van der Waals surface area contributed by atoms with E-state index in [4.69, 9.17) is 0 Å². The molecule has 2 aromatic heterocycles. The molecule has 0 bridgehead atoms. The minimum absolute atomic E-state index is 0.949. The van der Waals surface area contributed by atoms with Gasteiger partial charge in [-0.05, 0) is 35.6 Å². The first-order valence-electron chi connectivity index (χ1n) is 10.0. The number of piperazine rings is 1. The Morgan fingerprint density at radius 2 is 1.79 bits per heavy atom. The van der Waals surface area contributed by atoms with Gasteiger partial charge in [0.25, 0.3) is 0 Å². The van der Waals surface area contributed by atoms with Crippen molar-refractivity contribution in [1.29, 1.82) is 0 Å². The van der Waals surface area contributed by atoms with E-state index in [0.717, 1.165) is 66.6 Å². The second-order valence-corrected chi connectivity index (χ2v) is 8.85. The number of hydrogen-bond acceptors (Lipinski definition) is 8. The molecule has 0 spiro atoms. The number of thioether (sulfide) groups is 1. The Balaban J connectivity index is 1.33. The van der Waals surface area contributed by atoms with Crippen molar-refractivity contribution >= 4 is 40.0 Å². The Morgan fingerprint density at radius 1 is 0.966 bits per heavy atom. The third-order valence-electron chi connectivity index (χ3n) is 5.68. The van der Waals surface area contributed by atoms with Crippen LogP contribution in [0.15, 0.2) is 30.6 Å². The molecule has 8 heteroatoms. The van der Waals surface area contributed by atoms with E-state index >= 15 is 0 Å².